The molecule has 3 rings (SSSR count). The maximum atomic E-state index is 12.4. The van der Waals surface area contributed by atoms with E-state index in [1.165, 1.54) is 11.3 Å². The van der Waals surface area contributed by atoms with Crippen LogP contribution in [0.15, 0.2) is 35.8 Å². The first-order valence-electron chi connectivity index (χ1n) is 6.98. The Hall–Kier alpha value is -2.41. The standard InChI is InChI=1S/C15H16N4O2S/c1-10-2-4-11(5-3-10)19-8-6-12(13(19)20)17-14(21)18-15-16-7-9-22-15/h2-5,7,9,12H,6,8H2,1H3,(H2,16,17,18,21)/t12-/m0/s1. The number of rotatable bonds is 3. The van der Waals surface area contributed by atoms with Crippen molar-refractivity contribution in [1.29, 1.82) is 0 Å². The number of carbonyl (C=O) groups is 2. The van der Waals surface area contributed by atoms with Gasteiger partial charge in [0, 0.05) is 23.8 Å². The summed E-state index contributed by atoms with van der Waals surface area (Å²) in [7, 11) is 0. The number of nitrogens with zero attached hydrogens (tertiary/aromatic N) is 2. The molecule has 22 heavy (non-hydrogen) atoms. The monoisotopic (exact) mass is 316 g/mol. The summed E-state index contributed by atoms with van der Waals surface area (Å²) in [5.74, 6) is -0.0851. The van der Waals surface area contributed by atoms with E-state index in [0.717, 1.165) is 11.3 Å². The maximum absolute atomic E-state index is 12.4. The highest BCUT2D eigenvalue weighted by Gasteiger charge is 2.33. The van der Waals surface area contributed by atoms with Crippen LogP contribution in [0.4, 0.5) is 15.6 Å². The van der Waals surface area contributed by atoms with E-state index in [-0.39, 0.29) is 5.91 Å². The fourth-order valence-electron chi connectivity index (χ4n) is 2.37. The third-order valence-electron chi connectivity index (χ3n) is 3.51. The molecule has 114 valence electrons. The van der Waals surface area contributed by atoms with Crippen LogP contribution in [0.2, 0.25) is 0 Å². The lowest BCUT2D eigenvalue weighted by Gasteiger charge is -2.17. The predicted octanol–water partition coefficient (Wildman–Crippen LogP) is 2.38. The van der Waals surface area contributed by atoms with Crippen LogP contribution in [0.1, 0.15) is 12.0 Å². The number of carbonyl (C=O) groups excluding carboxylic acids is 2. The molecule has 1 fully saturated rings. The first-order valence-corrected chi connectivity index (χ1v) is 7.86. The SMILES string of the molecule is Cc1ccc(N2CC[C@H](NC(=O)Nc3nccs3)C2=O)cc1. The van der Waals surface area contributed by atoms with Crippen LogP contribution in [-0.2, 0) is 4.79 Å². The Kier molecular flexibility index (Phi) is 4.06. The van der Waals surface area contributed by atoms with E-state index in [1.54, 1.807) is 16.5 Å². The van der Waals surface area contributed by atoms with E-state index in [4.69, 9.17) is 0 Å². The summed E-state index contributed by atoms with van der Waals surface area (Å²) in [6, 6.07) is 6.88. The summed E-state index contributed by atoms with van der Waals surface area (Å²) in [4.78, 5) is 29.9. The van der Waals surface area contributed by atoms with Gasteiger partial charge in [0.1, 0.15) is 6.04 Å². The summed E-state index contributed by atoms with van der Waals surface area (Å²) >= 11 is 1.33. The van der Waals surface area contributed by atoms with Crippen molar-refractivity contribution in [3.05, 3.63) is 41.4 Å². The fraction of sp³-hybridized carbons (Fsp3) is 0.267. The number of hydrogen-bond acceptors (Lipinski definition) is 4. The van der Waals surface area contributed by atoms with Gasteiger partial charge in [-0.2, -0.15) is 0 Å². The lowest BCUT2D eigenvalue weighted by atomic mass is 10.2. The molecule has 1 aromatic heterocycles. The minimum atomic E-state index is -0.499. The first kappa shape index (κ1) is 14.5. The van der Waals surface area contributed by atoms with Crippen LogP contribution in [0.25, 0.3) is 0 Å². The highest BCUT2D eigenvalue weighted by molar-refractivity contribution is 7.13. The first-order chi connectivity index (χ1) is 10.6. The molecule has 1 aliphatic rings. The van der Waals surface area contributed by atoms with Gasteiger partial charge >= 0.3 is 6.03 Å². The van der Waals surface area contributed by atoms with Gasteiger partial charge in [0.2, 0.25) is 5.91 Å². The molecule has 1 saturated heterocycles. The Labute approximate surface area is 132 Å². The molecule has 0 radical (unpaired) electrons. The van der Waals surface area contributed by atoms with Crippen molar-refractivity contribution in [2.75, 3.05) is 16.8 Å². The van der Waals surface area contributed by atoms with Crippen molar-refractivity contribution >= 4 is 34.1 Å². The Morgan fingerprint density at radius 3 is 2.82 bits per heavy atom. The summed E-state index contributed by atoms with van der Waals surface area (Å²) in [6.07, 6.45) is 2.21. The van der Waals surface area contributed by atoms with E-state index >= 15 is 0 Å². The van der Waals surface area contributed by atoms with Crippen molar-refractivity contribution in [2.24, 2.45) is 0 Å². The molecular weight excluding hydrogens is 300 g/mol. The van der Waals surface area contributed by atoms with Crippen LogP contribution in [0, 0.1) is 6.92 Å². The lowest BCUT2D eigenvalue weighted by molar-refractivity contribution is -0.118. The number of aromatic nitrogens is 1. The lowest BCUT2D eigenvalue weighted by Crippen LogP contribution is -2.43. The van der Waals surface area contributed by atoms with Crippen LogP contribution in [-0.4, -0.2) is 29.5 Å². The Morgan fingerprint density at radius 2 is 2.14 bits per heavy atom. The number of urea groups is 1. The summed E-state index contributed by atoms with van der Waals surface area (Å²) in [5.41, 5.74) is 2.01. The summed E-state index contributed by atoms with van der Waals surface area (Å²) < 4.78 is 0. The Balaban J connectivity index is 1.61. The van der Waals surface area contributed by atoms with E-state index in [9.17, 15) is 9.59 Å². The average Bonchev–Trinajstić information content (AvgIpc) is 3.11. The minimum Gasteiger partial charge on any atom is -0.326 e. The van der Waals surface area contributed by atoms with Crippen LogP contribution in [0.5, 0.6) is 0 Å². The number of thiazole rings is 1. The normalized spacial score (nSPS) is 17.6. The largest absolute Gasteiger partial charge is 0.326 e. The third kappa shape index (κ3) is 3.09. The molecule has 1 aliphatic heterocycles. The molecule has 0 spiro atoms. The zero-order chi connectivity index (χ0) is 15.5. The second kappa shape index (κ2) is 6.15. The highest BCUT2D eigenvalue weighted by atomic mass is 32.1. The van der Waals surface area contributed by atoms with Gasteiger partial charge in [0.05, 0.1) is 0 Å². The molecule has 1 aromatic carbocycles. The number of amides is 3. The van der Waals surface area contributed by atoms with Gasteiger partial charge in [-0.1, -0.05) is 17.7 Å². The fourth-order valence-corrected chi connectivity index (χ4v) is 2.90. The predicted molar refractivity (Wildman–Crippen MR) is 86.2 cm³/mol. The van der Waals surface area contributed by atoms with Crippen molar-refractivity contribution in [1.82, 2.24) is 10.3 Å². The van der Waals surface area contributed by atoms with E-state index in [2.05, 4.69) is 15.6 Å². The Morgan fingerprint density at radius 1 is 1.36 bits per heavy atom. The van der Waals surface area contributed by atoms with Gasteiger partial charge in [-0.25, -0.2) is 9.78 Å². The van der Waals surface area contributed by atoms with Crippen molar-refractivity contribution < 1.29 is 9.59 Å². The second-order valence-electron chi connectivity index (χ2n) is 5.10. The van der Waals surface area contributed by atoms with Crippen molar-refractivity contribution in [2.45, 2.75) is 19.4 Å². The molecule has 2 N–H and O–H groups in total. The van der Waals surface area contributed by atoms with E-state index < -0.39 is 12.1 Å². The number of nitrogens with one attached hydrogen (secondary N) is 2. The smallest absolute Gasteiger partial charge is 0.321 e. The van der Waals surface area contributed by atoms with Crippen molar-refractivity contribution in [3.63, 3.8) is 0 Å². The van der Waals surface area contributed by atoms with E-state index in [0.29, 0.717) is 18.1 Å². The molecule has 2 aromatic rings. The number of anilines is 2. The van der Waals surface area contributed by atoms with Crippen LogP contribution >= 0.6 is 11.3 Å². The van der Waals surface area contributed by atoms with Crippen molar-refractivity contribution in [3.8, 4) is 0 Å². The maximum Gasteiger partial charge on any atom is 0.321 e. The molecule has 0 aliphatic carbocycles. The third-order valence-corrected chi connectivity index (χ3v) is 4.20. The molecule has 6 nitrogen and oxygen atoms in total. The van der Waals surface area contributed by atoms with Gasteiger partial charge in [-0.3, -0.25) is 10.1 Å². The molecular formula is C15H16N4O2S. The number of benzene rings is 1. The van der Waals surface area contributed by atoms with Gasteiger partial charge < -0.3 is 10.2 Å². The summed E-state index contributed by atoms with van der Waals surface area (Å²) in [5, 5.41) is 7.61. The summed E-state index contributed by atoms with van der Waals surface area (Å²) in [6.45, 7) is 2.60. The van der Waals surface area contributed by atoms with Gasteiger partial charge in [0.25, 0.3) is 0 Å². The minimum absolute atomic E-state index is 0.0851. The van der Waals surface area contributed by atoms with Crippen LogP contribution < -0.4 is 15.5 Å². The molecule has 1 atom stereocenters. The molecule has 3 amide bonds. The molecule has 0 saturated carbocycles. The Bertz CT molecular complexity index is 669. The van der Waals surface area contributed by atoms with Crippen LogP contribution in [0.3, 0.4) is 0 Å². The zero-order valence-corrected chi connectivity index (χ0v) is 12.9. The second-order valence-corrected chi connectivity index (χ2v) is 6.00. The topological polar surface area (TPSA) is 74.3 Å². The van der Waals surface area contributed by atoms with Gasteiger partial charge in [-0.05, 0) is 25.5 Å². The quantitative estimate of drug-likeness (QED) is 0.913. The number of aryl methyl sites for hydroxylation is 1. The molecule has 0 bridgehead atoms. The van der Waals surface area contributed by atoms with E-state index in [1.807, 2.05) is 31.2 Å². The molecule has 2 heterocycles. The number of hydrogen-bond donors (Lipinski definition) is 2. The molecule has 7 heteroatoms. The zero-order valence-electron chi connectivity index (χ0n) is 12.1. The van der Waals surface area contributed by atoms with Gasteiger partial charge in [0.15, 0.2) is 5.13 Å². The highest BCUT2D eigenvalue weighted by Crippen LogP contribution is 2.22. The average molecular weight is 316 g/mol. The molecule has 0 unspecified atom stereocenters. The van der Waals surface area contributed by atoms with Gasteiger partial charge in [-0.15, -0.1) is 11.3 Å².